The van der Waals surface area contributed by atoms with Crippen LogP contribution in [-0.4, -0.2) is 49.5 Å². The lowest BCUT2D eigenvalue weighted by molar-refractivity contribution is -0.145. The zero-order chi connectivity index (χ0) is 25.3. The molecule has 12 heteroatoms. The molecule has 1 aliphatic heterocycles. The third-order valence-corrected chi connectivity index (χ3v) is 5.16. The number of pyridine rings is 1. The molecule has 34 heavy (non-hydrogen) atoms. The molecule has 0 bridgehead atoms. The number of carbonyl (C=O) groups excluding carboxylic acids is 2. The predicted molar refractivity (Wildman–Crippen MR) is 113 cm³/mol. The van der Waals surface area contributed by atoms with Gasteiger partial charge in [-0.2, -0.15) is 13.2 Å². The van der Waals surface area contributed by atoms with Crippen LogP contribution in [0, 0.1) is 5.82 Å². The molecule has 1 saturated heterocycles. The van der Waals surface area contributed by atoms with Crippen LogP contribution in [0.1, 0.15) is 51.9 Å². The normalized spacial score (nSPS) is 18.6. The summed E-state index contributed by atoms with van der Waals surface area (Å²) in [4.78, 5) is 37.2. The summed E-state index contributed by atoms with van der Waals surface area (Å²) in [6.45, 7) is 6.79. The number of nitrogens with zero attached hydrogens (tertiary/aromatic N) is 4. The minimum atomic E-state index is -4.69. The largest absolute Gasteiger partial charge is 0.451 e. The number of halogens is 4. The van der Waals surface area contributed by atoms with Crippen LogP contribution in [0.3, 0.4) is 0 Å². The van der Waals surface area contributed by atoms with E-state index in [1.807, 2.05) is 6.92 Å². The summed E-state index contributed by atoms with van der Waals surface area (Å²) in [6.07, 6.45) is -1.46. The summed E-state index contributed by atoms with van der Waals surface area (Å²) in [6, 6.07) is 0.330. The Kier molecular flexibility index (Phi) is 7.08. The van der Waals surface area contributed by atoms with Gasteiger partial charge >= 0.3 is 12.3 Å². The van der Waals surface area contributed by atoms with Crippen LogP contribution in [0.2, 0.25) is 0 Å². The molecule has 1 N–H and O–H groups in total. The zero-order valence-corrected chi connectivity index (χ0v) is 19.1. The number of ether oxygens (including phenoxy) is 1. The molecule has 3 heterocycles. The van der Waals surface area contributed by atoms with Crippen molar-refractivity contribution in [1.29, 1.82) is 0 Å². The molecule has 8 nitrogen and oxygen atoms in total. The second-order valence-electron chi connectivity index (χ2n) is 9.00. The third-order valence-electron chi connectivity index (χ3n) is 5.16. The number of carbonyl (C=O) groups is 2. The maximum atomic E-state index is 14.3. The number of hydrogen-bond acceptors (Lipinski definition) is 6. The zero-order valence-electron chi connectivity index (χ0n) is 19.1. The van der Waals surface area contributed by atoms with E-state index >= 15 is 0 Å². The highest BCUT2D eigenvalue weighted by molar-refractivity contribution is 5.86. The molecule has 0 aromatic carbocycles. The number of aromatic nitrogens is 3. The Labute approximate surface area is 193 Å². The molecule has 2 atom stereocenters. The average molecular weight is 483 g/mol. The first-order valence-electron chi connectivity index (χ1n) is 10.6. The smallest absolute Gasteiger partial charge is 0.444 e. The van der Waals surface area contributed by atoms with Crippen molar-refractivity contribution in [2.24, 2.45) is 0 Å². The van der Waals surface area contributed by atoms with E-state index in [2.05, 4.69) is 20.3 Å². The topological polar surface area (TPSA) is 97.3 Å². The highest BCUT2D eigenvalue weighted by atomic mass is 19.4. The number of nitrogens with one attached hydrogen (secondary N) is 1. The molecule has 2 aromatic rings. The molecule has 1 fully saturated rings. The molecule has 2 amide bonds. The van der Waals surface area contributed by atoms with Gasteiger partial charge < -0.3 is 10.1 Å². The quantitative estimate of drug-likeness (QED) is 0.658. The summed E-state index contributed by atoms with van der Waals surface area (Å²) in [5.41, 5.74) is -0.363. The van der Waals surface area contributed by atoms with Gasteiger partial charge in [-0.1, -0.05) is 0 Å². The van der Waals surface area contributed by atoms with Gasteiger partial charge in [-0.15, -0.1) is 0 Å². The van der Waals surface area contributed by atoms with Crippen LogP contribution in [0.15, 0.2) is 24.7 Å². The Bertz CT molecular complexity index is 1050. The van der Waals surface area contributed by atoms with Gasteiger partial charge in [-0.05, 0) is 46.6 Å². The van der Waals surface area contributed by atoms with Crippen molar-refractivity contribution in [3.8, 4) is 11.3 Å². The van der Waals surface area contributed by atoms with E-state index in [9.17, 15) is 27.2 Å². The summed E-state index contributed by atoms with van der Waals surface area (Å²) in [5.74, 6) is -2.47. The summed E-state index contributed by atoms with van der Waals surface area (Å²) >= 11 is 0. The summed E-state index contributed by atoms with van der Waals surface area (Å²) < 4.78 is 57.7. The van der Waals surface area contributed by atoms with E-state index in [0.717, 1.165) is 18.6 Å². The average Bonchev–Trinajstić information content (AvgIpc) is 3.13. The monoisotopic (exact) mass is 483 g/mol. The molecular formula is C22H25F4N5O3. The van der Waals surface area contributed by atoms with Crippen LogP contribution in [0.4, 0.5) is 22.4 Å². The molecule has 0 unspecified atom stereocenters. The second kappa shape index (κ2) is 9.51. The second-order valence-corrected chi connectivity index (χ2v) is 9.00. The number of hydrogen-bond donors (Lipinski definition) is 1. The van der Waals surface area contributed by atoms with Crippen molar-refractivity contribution in [3.05, 3.63) is 41.9 Å². The molecule has 0 aliphatic carbocycles. The third kappa shape index (κ3) is 5.97. The molecule has 3 rings (SSSR count). The summed E-state index contributed by atoms with van der Waals surface area (Å²) in [7, 11) is 0. The minimum Gasteiger partial charge on any atom is -0.444 e. The van der Waals surface area contributed by atoms with Crippen LogP contribution >= 0.6 is 0 Å². The standard InChI is InChI=1S/C22H25F4N5O3/c1-12-5-6-17(31(12)20(33)34-21(2,3)4)18(32)28-8-13-7-16(27-11-15(13)23)14-9-29-19(30-10-14)22(24,25)26/h7,9-12,17H,5-6,8H2,1-4H3,(H,28,32)/t12-,17-/m0/s1. The van der Waals surface area contributed by atoms with Crippen molar-refractivity contribution >= 4 is 12.0 Å². The highest BCUT2D eigenvalue weighted by Crippen LogP contribution is 2.28. The lowest BCUT2D eigenvalue weighted by atomic mass is 10.1. The Morgan fingerprint density at radius 3 is 2.35 bits per heavy atom. The molecular weight excluding hydrogens is 458 g/mol. The first-order valence-corrected chi connectivity index (χ1v) is 10.6. The Balaban J connectivity index is 1.71. The fraction of sp³-hybridized carbons (Fsp3) is 0.500. The van der Waals surface area contributed by atoms with Crippen molar-refractivity contribution in [2.75, 3.05) is 0 Å². The first-order chi connectivity index (χ1) is 15.8. The van der Waals surface area contributed by atoms with Crippen molar-refractivity contribution < 1.29 is 31.9 Å². The SMILES string of the molecule is C[C@H]1CC[C@@H](C(=O)NCc2cc(-c3cnc(C(F)(F)F)nc3)ncc2F)N1C(=O)OC(C)(C)C. The fourth-order valence-electron chi connectivity index (χ4n) is 3.54. The van der Waals surface area contributed by atoms with Gasteiger partial charge in [-0.25, -0.2) is 19.2 Å². The maximum Gasteiger partial charge on any atom is 0.451 e. The predicted octanol–water partition coefficient (Wildman–Crippen LogP) is 4.10. The number of amides is 2. The van der Waals surface area contributed by atoms with Gasteiger partial charge in [0.2, 0.25) is 11.7 Å². The van der Waals surface area contributed by atoms with E-state index in [4.69, 9.17) is 4.74 Å². The molecule has 0 saturated carbocycles. The van der Waals surface area contributed by atoms with Gasteiger partial charge in [0.1, 0.15) is 17.5 Å². The Morgan fingerprint density at radius 1 is 1.12 bits per heavy atom. The van der Waals surface area contributed by atoms with Crippen molar-refractivity contribution in [3.63, 3.8) is 0 Å². The van der Waals surface area contributed by atoms with E-state index in [1.165, 1.54) is 11.0 Å². The lowest BCUT2D eigenvalue weighted by Crippen LogP contribution is -2.49. The maximum absolute atomic E-state index is 14.3. The molecule has 184 valence electrons. The van der Waals surface area contributed by atoms with Gasteiger partial charge in [0, 0.05) is 36.1 Å². The van der Waals surface area contributed by atoms with Crippen LogP contribution < -0.4 is 5.32 Å². The van der Waals surface area contributed by atoms with E-state index in [0.29, 0.717) is 12.8 Å². The molecule has 0 spiro atoms. The van der Waals surface area contributed by atoms with Crippen LogP contribution in [0.5, 0.6) is 0 Å². The van der Waals surface area contributed by atoms with Gasteiger partial charge in [0.05, 0.1) is 11.9 Å². The minimum absolute atomic E-state index is 0.0631. The molecule has 2 aromatic heterocycles. The molecule has 0 radical (unpaired) electrons. The van der Waals surface area contributed by atoms with E-state index < -0.39 is 41.5 Å². The van der Waals surface area contributed by atoms with Gasteiger partial charge in [0.25, 0.3) is 0 Å². The lowest BCUT2D eigenvalue weighted by Gasteiger charge is -2.30. The van der Waals surface area contributed by atoms with E-state index in [1.54, 1.807) is 20.8 Å². The van der Waals surface area contributed by atoms with Crippen molar-refractivity contribution in [2.45, 2.75) is 70.9 Å². The summed E-state index contributed by atoms with van der Waals surface area (Å²) in [5, 5.41) is 2.62. The number of alkyl halides is 3. The Hall–Kier alpha value is -3.31. The van der Waals surface area contributed by atoms with Crippen molar-refractivity contribution in [1.82, 2.24) is 25.2 Å². The first kappa shape index (κ1) is 25.3. The van der Waals surface area contributed by atoms with Crippen LogP contribution in [-0.2, 0) is 22.3 Å². The van der Waals surface area contributed by atoms with E-state index in [-0.39, 0.29) is 29.4 Å². The van der Waals surface area contributed by atoms with Gasteiger partial charge in [-0.3, -0.25) is 14.7 Å². The highest BCUT2D eigenvalue weighted by Gasteiger charge is 2.41. The van der Waals surface area contributed by atoms with Crippen LogP contribution in [0.25, 0.3) is 11.3 Å². The fourth-order valence-corrected chi connectivity index (χ4v) is 3.54. The molecule has 1 aliphatic rings. The number of rotatable bonds is 4. The number of likely N-dealkylation sites (tertiary alicyclic amines) is 1. The van der Waals surface area contributed by atoms with Gasteiger partial charge in [0.15, 0.2) is 0 Å². The Morgan fingerprint density at radius 2 is 1.76 bits per heavy atom.